The first-order valence-electron chi connectivity index (χ1n) is 10.9. The van der Waals surface area contributed by atoms with E-state index in [9.17, 15) is 9.59 Å². The van der Waals surface area contributed by atoms with E-state index in [2.05, 4.69) is 21.2 Å². The third-order valence-corrected chi connectivity index (χ3v) is 6.97. The van der Waals surface area contributed by atoms with Crippen molar-refractivity contribution in [1.82, 2.24) is 4.98 Å². The van der Waals surface area contributed by atoms with E-state index in [0.717, 1.165) is 32.4 Å². The summed E-state index contributed by atoms with van der Waals surface area (Å²) in [5, 5.41) is 3.50. The minimum atomic E-state index is -0.553. The van der Waals surface area contributed by atoms with Crippen LogP contribution in [0.25, 0.3) is 22.2 Å². The van der Waals surface area contributed by atoms with Crippen LogP contribution in [0.15, 0.2) is 65.1 Å². The van der Waals surface area contributed by atoms with Crippen molar-refractivity contribution in [2.75, 3.05) is 11.9 Å². The van der Waals surface area contributed by atoms with E-state index in [1.807, 2.05) is 88.4 Å². The molecule has 4 rings (SSSR count). The molecule has 0 saturated heterocycles. The summed E-state index contributed by atoms with van der Waals surface area (Å²) in [6.07, 6.45) is 0. The number of ether oxygens (including phenoxy) is 1. The number of nitrogens with zero attached hydrogens (tertiary/aromatic N) is 1. The number of aromatic nitrogens is 1. The fourth-order valence-corrected chi connectivity index (χ4v) is 4.21. The Kier molecular flexibility index (Phi) is 6.80. The number of anilines is 1. The highest BCUT2D eigenvalue weighted by Gasteiger charge is 2.21. The predicted octanol–water partition coefficient (Wildman–Crippen LogP) is 6.69. The number of benzene rings is 3. The molecule has 172 valence electrons. The number of pyridine rings is 1. The molecule has 0 bridgehead atoms. The van der Waals surface area contributed by atoms with Crippen LogP contribution in [0.3, 0.4) is 0 Å². The van der Waals surface area contributed by atoms with E-state index >= 15 is 0 Å². The van der Waals surface area contributed by atoms with Crippen LogP contribution in [0.1, 0.15) is 32.6 Å². The lowest BCUT2D eigenvalue weighted by atomic mass is 9.97. The average molecular weight is 517 g/mol. The van der Waals surface area contributed by atoms with Crippen LogP contribution < -0.4 is 5.32 Å². The summed E-state index contributed by atoms with van der Waals surface area (Å²) in [4.78, 5) is 30.5. The minimum absolute atomic E-state index is 0.386. The smallest absolute Gasteiger partial charge is 0.339 e. The predicted molar refractivity (Wildman–Crippen MR) is 139 cm³/mol. The Labute approximate surface area is 207 Å². The summed E-state index contributed by atoms with van der Waals surface area (Å²) in [5.74, 6) is -0.952. The second kappa shape index (κ2) is 9.77. The number of carbonyl (C=O) groups is 2. The number of amides is 1. The molecular formula is C28H25BrN2O3. The first-order chi connectivity index (χ1) is 16.2. The Morgan fingerprint density at radius 2 is 1.59 bits per heavy atom. The number of para-hydroxylation sites is 1. The highest BCUT2D eigenvalue weighted by Crippen LogP contribution is 2.30. The van der Waals surface area contributed by atoms with E-state index in [0.29, 0.717) is 27.7 Å². The second-order valence-electron chi connectivity index (χ2n) is 8.39. The molecule has 0 saturated carbocycles. The average Bonchev–Trinajstić information content (AvgIpc) is 2.81. The van der Waals surface area contributed by atoms with Gasteiger partial charge in [0.25, 0.3) is 5.91 Å². The standard InChI is InChI=1S/C28H25BrN2O3/c1-16-9-11-20(12-10-16)27-19(4)25(22-7-5-6-8-23(22)31-27)28(33)34-15-24(32)30-21-13-17(2)26(29)18(3)14-21/h5-14H,15H2,1-4H3,(H,30,32). The molecule has 0 fully saturated rings. The fourth-order valence-electron chi connectivity index (χ4n) is 3.98. The molecule has 0 radical (unpaired) electrons. The molecule has 3 aromatic carbocycles. The van der Waals surface area contributed by atoms with E-state index < -0.39 is 11.9 Å². The number of halogens is 1. The van der Waals surface area contributed by atoms with E-state index in [1.54, 1.807) is 0 Å². The molecule has 0 aliphatic heterocycles. The molecule has 5 nitrogen and oxygen atoms in total. The summed E-state index contributed by atoms with van der Waals surface area (Å²) in [6, 6.07) is 19.2. The topological polar surface area (TPSA) is 68.3 Å². The number of carbonyl (C=O) groups excluding carboxylic acids is 2. The van der Waals surface area contributed by atoms with Gasteiger partial charge in [-0.1, -0.05) is 64.0 Å². The van der Waals surface area contributed by atoms with Gasteiger partial charge in [0.1, 0.15) is 0 Å². The maximum absolute atomic E-state index is 13.2. The first kappa shape index (κ1) is 23.6. The summed E-state index contributed by atoms with van der Waals surface area (Å²) < 4.78 is 6.46. The number of hydrogen-bond acceptors (Lipinski definition) is 4. The SMILES string of the molecule is Cc1ccc(-c2nc3ccccc3c(C(=O)OCC(=O)Nc3cc(C)c(Br)c(C)c3)c2C)cc1. The second-order valence-corrected chi connectivity index (χ2v) is 9.18. The molecule has 4 aromatic rings. The van der Waals surface area contributed by atoms with Crippen LogP contribution in [0.2, 0.25) is 0 Å². The molecule has 0 spiro atoms. The molecule has 1 N–H and O–H groups in total. The van der Waals surface area contributed by atoms with Gasteiger partial charge in [-0.15, -0.1) is 0 Å². The van der Waals surface area contributed by atoms with Crippen molar-refractivity contribution in [2.24, 2.45) is 0 Å². The largest absolute Gasteiger partial charge is 0.452 e. The van der Waals surface area contributed by atoms with E-state index in [1.165, 1.54) is 0 Å². The van der Waals surface area contributed by atoms with Crippen molar-refractivity contribution in [2.45, 2.75) is 27.7 Å². The number of rotatable bonds is 5. The van der Waals surface area contributed by atoms with Crippen molar-refractivity contribution in [3.63, 3.8) is 0 Å². The molecule has 34 heavy (non-hydrogen) atoms. The van der Waals surface area contributed by atoms with Crippen molar-refractivity contribution in [3.05, 3.63) is 93.0 Å². The van der Waals surface area contributed by atoms with Gasteiger partial charge in [-0.3, -0.25) is 4.79 Å². The van der Waals surface area contributed by atoms with Gasteiger partial charge in [-0.2, -0.15) is 0 Å². The van der Waals surface area contributed by atoms with Gasteiger partial charge in [0.15, 0.2) is 6.61 Å². The van der Waals surface area contributed by atoms with Crippen LogP contribution in [-0.4, -0.2) is 23.5 Å². The normalized spacial score (nSPS) is 10.9. The van der Waals surface area contributed by atoms with Crippen molar-refractivity contribution >= 4 is 44.4 Å². The molecule has 1 heterocycles. The molecule has 0 atom stereocenters. The molecule has 0 unspecified atom stereocenters. The maximum Gasteiger partial charge on any atom is 0.339 e. The number of aryl methyl sites for hydroxylation is 3. The van der Waals surface area contributed by atoms with Gasteiger partial charge in [0, 0.05) is 21.1 Å². The van der Waals surface area contributed by atoms with Gasteiger partial charge in [0.05, 0.1) is 16.8 Å². The van der Waals surface area contributed by atoms with E-state index in [4.69, 9.17) is 9.72 Å². The Balaban J connectivity index is 1.60. The number of fused-ring (bicyclic) bond motifs is 1. The van der Waals surface area contributed by atoms with Gasteiger partial charge in [0.2, 0.25) is 0 Å². The quantitative estimate of drug-likeness (QED) is 0.300. The first-order valence-corrected chi connectivity index (χ1v) is 11.7. The molecular weight excluding hydrogens is 492 g/mol. The number of nitrogens with one attached hydrogen (secondary N) is 1. The molecule has 6 heteroatoms. The van der Waals surface area contributed by atoms with Crippen LogP contribution in [0, 0.1) is 27.7 Å². The van der Waals surface area contributed by atoms with Gasteiger partial charge in [-0.25, -0.2) is 9.78 Å². The Bertz CT molecular complexity index is 1390. The van der Waals surface area contributed by atoms with Gasteiger partial charge >= 0.3 is 5.97 Å². The zero-order valence-corrected chi connectivity index (χ0v) is 21.1. The number of esters is 1. The summed E-state index contributed by atoms with van der Waals surface area (Å²) in [6.45, 7) is 7.41. The van der Waals surface area contributed by atoms with Crippen molar-refractivity contribution in [1.29, 1.82) is 0 Å². The Morgan fingerprint density at radius 3 is 2.26 bits per heavy atom. The van der Waals surface area contributed by atoms with Crippen LogP contribution in [0.5, 0.6) is 0 Å². The van der Waals surface area contributed by atoms with Gasteiger partial charge < -0.3 is 10.1 Å². The Morgan fingerprint density at radius 1 is 0.941 bits per heavy atom. The molecule has 0 aliphatic carbocycles. The monoisotopic (exact) mass is 516 g/mol. The van der Waals surface area contributed by atoms with Crippen molar-refractivity contribution < 1.29 is 14.3 Å². The third-order valence-electron chi connectivity index (χ3n) is 5.72. The molecule has 0 aliphatic rings. The lowest BCUT2D eigenvalue weighted by molar-refractivity contribution is -0.119. The molecule has 1 aromatic heterocycles. The zero-order chi connectivity index (χ0) is 24.4. The lowest BCUT2D eigenvalue weighted by Crippen LogP contribution is -2.21. The highest BCUT2D eigenvalue weighted by atomic mass is 79.9. The van der Waals surface area contributed by atoms with Crippen LogP contribution in [-0.2, 0) is 9.53 Å². The van der Waals surface area contributed by atoms with Crippen LogP contribution >= 0.6 is 15.9 Å². The summed E-state index contributed by atoms with van der Waals surface area (Å²) in [5.41, 5.74) is 7.29. The maximum atomic E-state index is 13.2. The zero-order valence-electron chi connectivity index (χ0n) is 19.5. The van der Waals surface area contributed by atoms with Crippen molar-refractivity contribution in [3.8, 4) is 11.3 Å². The third kappa shape index (κ3) is 4.87. The molecule has 1 amide bonds. The summed E-state index contributed by atoms with van der Waals surface area (Å²) in [7, 11) is 0. The highest BCUT2D eigenvalue weighted by molar-refractivity contribution is 9.10. The van der Waals surface area contributed by atoms with Crippen LogP contribution in [0.4, 0.5) is 5.69 Å². The number of hydrogen-bond donors (Lipinski definition) is 1. The lowest BCUT2D eigenvalue weighted by Gasteiger charge is -2.15. The van der Waals surface area contributed by atoms with E-state index in [-0.39, 0.29) is 6.61 Å². The van der Waals surface area contributed by atoms with Gasteiger partial charge in [-0.05, 0) is 62.6 Å². The minimum Gasteiger partial charge on any atom is -0.452 e. The Hall–Kier alpha value is -3.51. The fraction of sp³-hybridized carbons (Fsp3) is 0.179. The summed E-state index contributed by atoms with van der Waals surface area (Å²) >= 11 is 3.52.